The van der Waals surface area contributed by atoms with Gasteiger partial charge in [0.25, 0.3) is 5.91 Å². The van der Waals surface area contributed by atoms with Gasteiger partial charge in [0.05, 0.1) is 47.7 Å². The monoisotopic (exact) mass is 775 g/mol. The molecule has 3 fully saturated rings. The number of carbonyl (C=O) groups excluding carboxylic acids is 2. The Morgan fingerprint density at radius 1 is 0.963 bits per heavy atom. The molecule has 3 unspecified atom stereocenters. The predicted molar refractivity (Wildman–Crippen MR) is 204 cm³/mol. The van der Waals surface area contributed by atoms with Gasteiger partial charge in [0.15, 0.2) is 6.04 Å². The van der Waals surface area contributed by atoms with Crippen molar-refractivity contribution in [3.05, 3.63) is 99.0 Å². The normalized spacial score (nSPS) is 23.8. The van der Waals surface area contributed by atoms with Crippen molar-refractivity contribution in [2.24, 2.45) is 15.4 Å². The number of carboxylic acid groups (broad SMARTS) is 1. The fourth-order valence-electron chi connectivity index (χ4n) is 8.17. The Balaban J connectivity index is 1.09. The number of carbonyl (C=O) groups is 3. The SMILES string of the molecule is COc1ccc(C2C=NN=N2)cc1C(=O)N1CCC(CCN2CCC(NC(=O)N3CCOCC3C(=O)O)(c3ccccc3)CC2)(c2ccc(Cl)c(Cl)c2)C1. The van der Waals surface area contributed by atoms with Crippen LogP contribution < -0.4 is 10.1 Å². The standard InChI is InChI=1S/C39H43Cl2N7O6/c1-53-34-10-7-26(32-23-42-45-44-32)21-29(34)35(49)47-18-12-38(25-47,28-8-9-30(40)31(41)22-28)11-15-46-16-13-39(14-17-46,27-5-3-2-4-6-27)43-37(52)48-19-20-54-24-33(48)36(50)51/h2-10,21-23,32-33H,11-20,24-25H2,1H3,(H,43,52)(H,50,51). The third kappa shape index (κ3) is 7.68. The summed E-state index contributed by atoms with van der Waals surface area (Å²) in [5, 5.41) is 25.7. The zero-order valence-corrected chi connectivity index (χ0v) is 31.5. The maximum absolute atomic E-state index is 14.2. The third-order valence-electron chi connectivity index (χ3n) is 11.4. The molecule has 0 radical (unpaired) electrons. The van der Waals surface area contributed by atoms with E-state index in [2.05, 4.69) is 25.7 Å². The minimum atomic E-state index is -1.09. The smallest absolute Gasteiger partial charge is 0.328 e. The molecule has 3 saturated heterocycles. The number of nitrogens with one attached hydrogen (secondary N) is 1. The van der Waals surface area contributed by atoms with Crippen LogP contribution in [0.15, 0.2) is 82.2 Å². The Hall–Kier alpha value is -4.56. The summed E-state index contributed by atoms with van der Waals surface area (Å²) >= 11 is 13.0. The number of likely N-dealkylation sites (tertiary alicyclic amines) is 2. The lowest BCUT2D eigenvalue weighted by molar-refractivity contribution is -0.147. The van der Waals surface area contributed by atoms with E-state index in [9.17, 15) is 19.5 Å². The van der Waals surface area contributed by atoms with Gasteiger partial charge >= 0.3 is 12.0 Å². The minimum absolute atomic E-state index is 0.0407. The largest absolute Gasteiger partial charge is 0.496 e. The summed E-state index contributed by atoms with van der Waals surface area (Å²) in [6.07, 6.45) is 4.39. The molecule has 0 saturated carbocycles. The first-order valence-electron chi connectivity index (χ1n) is 18.1. The second-order valence-electron chi connectivity index (χ2n) is 14.4. The van der Waals surface area contributed by atoms with Gasteiger partial charge in [-0.15, -0.1) is 5.10 Å². The number of piperidine rings is 1. The van der Waals surface area contributed by atoms with E-state index in [4.69, 9.17) is 32.7 Å². The van der Waals surface area contributed by atoms with Gasteiger partial charge in [-0.25, -0.2) is 9.59 Å². The molecular formula is C39H43Cl2N7O6. The van der Waals surface area contributed by atoms with E-state index >= 15 is 0 Å². The summed E-state index contributed by atoms with van der Waals surface area (Å²) in [6, 6.07) is 19.3. The molecule has 15 heteroatoms. The Labute approximate surface area is 323 Å². The maximum Gasteiger partial charge on any atom is 0.328 e. The molecule has 4 aliphatic rings. The Kier molecular flexibility index (Phi) is 11.2. The van der Waals surface area contributed by atoms with Gasteiger partial charge in [-0.3, -0.25) is 4.79 Å². The molecular weight excluding hydrogens is 733 g/mol. The predicted octanol–water partition coefficient (Wildman–Crippen LogP) is 6.16. The highest BCUT2D eigenvalue weighted by molar-refractivity contribution is 6.42. The number of nitrogens with zero attached hydrogens (tertiary/aromatic N) is 6. The average molecular weight is 777 g/mol. The van der Waals surface area contributed by atoms with Crippen LogP contribution in [0, 0.1) is 0 Å². The molecule has 7 rings (SSSR count). The fourth-order valence-corrected chi connectivity index (χ4v) is 8.46. The van der Waals surface area contributed by atoms with Gasteiger partial charge in [-0.1, -0.05) is 65.7 Å². The highest BCUT2D eigenvalue weighted by Crippen LogP contribution is 2.42. The molecule has 0 aromatic heterocycles. The van der Waals surface area contributed by atoms with Crippen molar-refractivity contribution in [3.8, 4) is 5.75 Å². The lowest BCUT2D eigenvalue weighted by Crippen LogP contribution is -2.61. The van der Waals surface area contributed by atoms with Gasteiger partial charge < -0.3 is 34.6 Å². The summed E-state index contributed by atoms with van der Waals surface area (Å²) in [6.45, 7) is 3.62. The number of halogens is 2. The van der Waals surface area contributed by atoms with Gasteiger partial charge in [0, 0.05) is 38.1 Å². The second kappa shape index (κ2) is 16.0. The summed E-state index contributed by atoms with van der Waals surface area (Å²) in [5.41, 5.74) is 2.20. The highest BCUT2D eigenvalue weighted by atomic mass is 35.5. The van der Waals surface area contributed by atoms with Crippen molar-refractivity contribution in [1.29, 1.82) is 0 Å². The topological polar surface area (TPSA) is 149 Å². The number of hydrogen-bond donors (Lipinski definition) is 2. The molecule has 0 bridgehead atoms. The van der Waals surface area contributed by atoms with Crippen molar-refractivity contribution in [2.75, 3.05) is 59.6 Å². The maximum atomic E-state index is 14.2. The van der Waals surface area contributed by atoms with Crippen LogP contribution in [-0.4, -0.2) is 110 Å². The van der Waals surface area contributed by atoms with E-state index in [1.54, 1.807) is 19.4 Å². The molecule has 3 amide bonds. The van der Waals surface area contributed by atoms with Crippen LogP contribution in [0.5, 0.6) is 5.75 Å². The summed E-state index contributed by atoms with van der Waals surface area (Å²) < 4.78 is 11.0. The van der Waals surface area contributed by atoms with Gasteiger partial charge in [0.1, 0.15) is 11.8 Å². The van der Waals surface area contributed by atoms with Crippen LogP contribution in [0.2, 0.25) is 10.0 Å². The van der Waals surface area contributed by atoms with E-state index in [1.165, 1.54) is 4.90 Å². The lowest BCUT2D eigenvalue weighted by Gasteiger charge is -2.45. The fraction of sp³-hybridized carbons (Fsp3) is 0.436. The molecule has 4 aliphatic heterocycles. The number of amides is 3. The van der Waals surface area contributed by atoms with Crippen LogP contribution in [-0.2, 0) is 20.5 Å². The Bertz CT molecular complexity index is 1930. The number of hydrogen-bond acceptors (Lipinski definition) is 9. The second-order valence-corrected chi connectivity index (χ2v) is 15.2. The van der Waals surface area contributed by atoms with Crippen molar-refractivity contribution < 1.29 is 29.0 Å². The van der Waals surface area contributed by atoms with Gasteiger partial charge in [-0.05, 0) is 78.4 Å². The van der Waals surface area contributed by atoms with Crippen LogP contribution in [0.4, 0.5) is 4.79 Å². The molecule has 3 aromatic rings. The molecule has 13 nitrogen and oxygen atoms in total. The van der Waals surface area contributed by atoms with Crippen molar-refractivity contribution in [1.82, 2.24) is 20.0 Å². The summed E-state index contributed by atoms with van der Waals surface area (Å²) in [7, 11) is 1.55. The first-order chi connectivity index (χ1) is 26.1. The van der Waals surface area contributed by atoms with E-state index in [1.807, 2.05) is 65.6 Å². The van der Waals surface area contributed by atoms with Crippen LogP contribution in [0.3, 0.4) is 0 Å². The number of benzene rings is 3. The Morgan fingerprint density at radius 2 is 1.76 bits per heavy atom. The molecule has 54 heavy (non-hydrogen) atoms. The van der Waals surface area contributed by atoms with E-state index in [0.717, 1.165) is 36.1 Å². The number of rotatable bonds is 10. The molecule has 0 spiro atoms. The zero-order chi connectivity index (χ0) is 37.9. The van der Waals surface area contributed by atoms with E-state index in [-0.39, 0.29) is 31.7 Å². The summed E-state index contributed by atoms with van der Waals surface area (Å²) in [4.78, 5) is 45.6. The molecule has 0 aliphatic carbocycles. The first-order valence-corrected chi connectivity index (χ1v) is 18.9. The highest BCUT2D eigenvalue weighted by Gasteiger charge is 2.45. The van der Waals surface area contributed by atoms with Crippen molar-refractivity contribution in [3.63, 3.8) is 0 Å². The first kappa shape index (κ1) is 37.7. The summed E-state index contributed by atoms with van der Waals surface area (Å²) in [5.74, 6) is -0.734. The third-order valence-corrected chi connectivity index (χ3v) is 12.1. The van der Waals surface area contributed by atoms with Gasteiger partial charge in [0.2, 0.25) is 0 Å². The van der Waals surface area contributed by atoms with Gasteiger partial charge in [-0.2, -0.15) is 5.11 Å². The van der Waals surface area contributed by atoms with Crippen LogP contribution >= 0.6 is 23.2 Å². The van der Waals surface area contributed by atoms with Crippen LogP contribution in [0.25, 0.3) is 0 Å². The van der Waals surface area contributed by atoms with Crippen LogP contribution in [0.1, 0.15) is 58.8 Å². The molecule has 3 aromatic carbocycles. The number of carboxylic acids is 1. The van der Waals surface area contributed by atoms with E-state index < -0.39 is 29.0 Å². The number of methoxy groups -OCH3 is 1. The lowest BCUT2D eigenvalue weighted by atomic mass is 9.76. The number of morpholine rings is 1. The number of ether oxygens (including phenoxy) is 2. The molecule has 284 valence electrons. The molecule has 3 atom stereocenters. The quantitative estimate of drug-likeness (QED) is 0.251. The average Bonchev–Trinajstić information content (AvgIpc) is 3.91. The molecule has 4 heterocycles. The number of urea groups is 1. The van der Waals surface area contributed by atoms with Crippen molar-refractivity contribution in [2.45, 2.75) is 48.7 Å². The Morgan fingerprint density at radius 3 is 2.46 bits per heavy atom. The van der Waals surface area contributed by atoms with E-state index in [0.29, 0.717) is 60.4 Å². The molecule has 2 N–H and O–H groups in total. The van der Waals surface area contributed by atoms with Crippen molar-refractivity contribution >= 4 is 47.3 Å². The minimum Gasteiger partial charge on any atom is -0.496 e. The zero-order valence-electron chi connectivity index (χ0n) is 30.0. The number of aliphatic carboxylic acids is 1.